The average molecular weight is 901 g/mol. The molecule has 0 spiro atoms. The summed E-state index contributed by atoms with van der Waals surface area (Å²) in [6.07, 6.45) is 61.8. The molecule has 0 heterocycles. The highest BCUT2D eigenvalue weighted by molar-refractivity contribution is 5.71. The topological polar surface area (TPSA) is 78.9 Å². The summed E-state index contributed by atoms with van der Waals surface area (Å²) < 4.78 is 16.8. The number of allylic oxidation sites excluding steroid dienone is 4. The zero-order valence-electron chi connectivity index (χ0n) is 43.1. The van der Waals surface area contributed by atoms with Crippen molar-refractivity contribution in [2.75, 3.05) is 13.2 Å². The molecule has 0 N–H and O–H groups in total. The highest BCUT2D eigenvalue weighted by Gasteiger charge is 2.19. The van der Waals surface area contributed by atoms with E-state index in [-0.39, 0.29) is 31.1 Å². The van der Waals surface area contributed by atoms with Crippen LogP contribution in [0.5, 0.6) is 0 Å². The molecule has 1 unspecified atom stereocenters. The van der Waals surface area contributed by atoms with Crippen LogP contribution >= 0.6 is 0 Å². The van der Waals surface area contributed by atoms with Crippen LogP contribution in [-0.4, -0.2) is 37.2 Å². The van der Waals surface area contributed by atoms with Gasteiger partial charge in [0.15, 0.2) is 6.10 Å². The standard InChI is InChI=1S/C58H108O6/c1-4-7-10-13-16-19-21-23-25-26-27-28-29-30-31-32-33-35-36-39-42-45-48-51-57(60)63-54-55(53-62-56(59)50-47-44-41-38-18-15-12-9-6-3)64-58(61)52-49-46-43-40-37-34-24-22-20-17-14-11-8-5-2/h22,24,26-27,55H,4-21,23,25,28-54H2,1-3H3/b24-22-,27-26-. The quantitative estimate of drug-likeness (QED) is 0.0262. The van der Waals surface area contributed by atoms with E-state index in [2.05, 4.69) is 45.1 Å². The zero-order chi connectivity index (χ0) is 46.5. The SMILES string of the molecule is CCCCCCC/C=C\CCCCCCCC(=O)OC(COC(=O)CCCCCCCCCCC)COC(=O)CCCCCCCCCCCCC/C=C\CCCCCCCCCC. The van der Waals surface area contributed by atoms with Gasteiger partial charge < -0.3 is 14.2 Å². The number of ether oxygens (including phenoxy) is 3. The highest BCUT2D eigenvalue weighted by atomic mass is 16.6. The zero-order valence-corrected chi connectivity index (χ0v) is 43.1. The molecule has 0 fully saturated rings. The third kappa shape index (κ3) is 50.9. The molecule has 6 nitrogen and oxygen atoms in total. The van der Waals surface area contributed by atoms with Crippen molar-refractivity contribution in [2.24, 2.45) is 0 Å². The maximum atomic E-state index is 12.8. The molecule has 0 amide bonds. The molecule has 0 aliphatic rings. The molecule has 0 aromatic carbocycles. The minimum Gasteiger partial charge on any atom is -0.462 e. The van der Waals surface area contributed by atoms with Gasteiger partial charge >= 0.3 is 17.9 Å². The average Bonchev–Trinajstić information content (AvgIpc) is 3.29. The van der Waals surface area contributed by atoms with Crippen molar-refractivity contribution in [1.29, 1.82) is 0 Å². The first kappa shape index (κ1) is 61.9. The van der Waals surface area contributed by atoms with Gasteiger partial charge in [-0.25, -0.2) is 0 Å². The van der Waals surface area contributed by atoms with Crippen molar-refractivity contribution >= 4 is 17.9 Å². The molecule has 0 aliphatic heterocycles. The van der Waals surface area contributed by atoms with Gasteiger partial charge in [-0.05, 0) is 70.6 Å². The summed E-state index contributed by atoms with van der Waals surface area (Å²) in [5.74, 6) is -0.868. The smallest absolute Gasteiger partial charge is 0.306 e. The van der Waals surface area contributed by atoms with E-state index in [0.717, 1.165) is 64.2 Å². The largest absolute Gasteiger partial charge is 0.462 e. The molecular formula is C58H108O6. The van der Waals surface area contributed by atoms with Gasteiger partial charge in [-0.1, -0.05) is 244 Å². The number of unbranched alkanes of at least 4 members (excludes halogenated alkanes) is 37. The van der Waals surface area contributed by atoms with Crippen LogP contribution in [0.4, 0.5) is 0 Å². The lowest BCUT2D eigenvalue weighted by Gasteiger charge is -2.18. The van der Waals surface area contributed by atoms with Gasteiger partial charge in [-0.2, -0.15) is 0 Å². The Morgan fingerprint density at radius 3 is 0.781 bits per heavy atom. The van der Waals surface area contributed by atoms with Crippen LogP contribution in [0, 0.1) is 0 Å². The number of esters is 3. The fourth-order valence-corrected chi connectivity index (χ4v) is 8.37. The minimum absolute atomic E-state index is 0.0711. The van der Waals surface area contributed by atoms with Crippen LogP contribution in [0.3, 0.4) is 0 Å². The van der Waals surface area contributed by atoms with E-state index in [1.54, 1.807) is 0 Å². The molecule has 6 heteroatoms. The maximum absolute atomic E-state index is 12.8. The second-order valence-electron chi connectivity index (χ2n) is 19.2. The lowest BCUT2D eigenvalue weighted by molar-refractivity contribution is -0.167. The molecule has 0 rings (SSSR count). The van der Waals surface area contributed by atoms with E-state index in [0.29, 0.717) is 19.3 Å². The van der Waals surface area contributed by atoms with Crippen molar-refractivity contribution in [3.05, 3.63) is 24.3 Å². The Hall–Kier alpha value is -2.11. The number of carbonyl (C=O) groups is 3. The lowest BCUT2D eigenvalue weighted by atomic mass is 10.0. The fraction of sp³-hybridized carbons (Fsp3) is 0.879. The van der Waals surface area contributed by atoms with Crippen molar-refractivity contribution in [2.45, 2.75) is 316 Å². The van der Waals surface area contributed by atoms with E-state index < -0.39 is 6.10 Å². The summed E-state index contributed by atoms with van der Waals surface area (Å²) >= 11 is 0. The molecule has 0 aromatic rings. The van der Waals surface area contributed by atoms with E-state index >= 15 is 0 Å². The predicted molar refractivity (Wildman–Crippen MR) is 275 cm³/mol. The van der Waals surface area contributed by atoms with Crippen molar-refractivity contribution < 1.29 is 28.6 Å². The summed E-state index contributed by atoms with van der Waals surface area (Å²) in [7, 11) is 0. The van der Waals surface area contributed by atoms with Gasteiger partial charge in [0.1, 0.15) is 13.2 Å². The van der Waals surface area contributed by atoms with E-state index in [1.165, 1.54) is 205 Å². The second-order valence-corrected chi connectivity index (χ2v) is 19.2. The van der Waals surface area contributed by atoms with Gasteiger partial charge in [-0.3, -0.25) is 14.4 Å². The van der Waals surface area contributed by atoms with Crippen LogP contribution in [-0.2, 0) is 28.6 Å². The molecule has 1 atom stereocenters. The first-order valence-electron chi connectivity index (χ1n) is 28.3. The van der Waals surface area contributed by atoms with E-state index in [4.69, 9.17) is 14.2 Å². The van der Waals surface area contributed by atoms with Gasteiger partial charge in [0.2, 0.25) is 0 Å². The number of rotatable bonds is 52. The van der Waals surface area contributed by atoms with Gasteiger partial charge in [-0.15, -0.1) is 0 Å². The van der Waals surface area contributed by atoms with Crippen LogP contribution in [0.15, 0.2) is 24.3 Å². The highest BCUT2D eigenvalue weighted by Crippen LogP contribution is 2.16. The first-order valence-corrected chi connectivity index (χ1v) is 28.3. The number of carbonyl (C=O) groups excluding carboxylic acids is 3. The summed E-state index contributed by atoms with van der Waals surface area (Å²) in [5.41, 5.74) is 0. The maximum Gasteiger partial charge on any atom is 0.306 e. The molecular weight excluding hydrogens is 793 g/mol. The second kappa shape index (κ2) is 53.5. The molecule has 0 saturated carbocycles. The Morgan fingerprint density at radius 2 is 0.516 bits per heavy atom. The van der Waals surface area contributed by atoms with Crippen LogP contribution in [0.25, 0.3) is 0 Å². The van der Waals surface area contributed by atoms with Crippen LogP contribution < -0.4 is 0 Å². The Bertz CT molecular complexity index is 1040. The monoisotopic (exact) mass is 901 g/mol. The van der Waals surface area contributed by atoms with Crippen LogP contribution in [0.1, 0.15) is 310 Å². The Kier molecular flexibility index (Phi) is 51.7. The minimum atomic E-state index is -0.770. The Labute approximate surface area is 398 Å². The molecule has 0 radical (unpaired) electrons. The van der Waals surface area contributed by atoms with Gasteiger partial charge in [0.25, 0.3) is 0 Å². The molecule has 0 saturated heterocycles. The third-order valence-corrected chi connectivity index (χ3v) is 12.7. The fourth-order valence-electron chi connectivity index (χ4n) is 8.37. The first-order chi connectivity index (χ1) is 31.5. The molecule has 64 heavy (non-hydrogen) atoms. The van der Waals surface area contributed by atoms with E-state index in [1.807, 2.05) is 0 Å². The van der Waals surface area contributed by atoms with E-state index in [9.17, 15) is 14.4 Å². The molecule has 0 aromatic heterocycles. The molecule has 0 aliphatic carbocycles. The summed E-state index contributed by atoms with van der Waals surface area (Å²) in [6, 6.07) is 0. The number of hydrogen-bond donors (Lipinski definition) is 0. The summed E-state index contributed by atoms with van der Waals surface area (Å²) in [6.45, 7) is 6.64. The molecule has 376 valence electrons. The normalized spacial score (nSPS) is 12.1. The third-order valence-electron chi connectivity index (χ3n) is 12.7. The van der Waals surface area contributed by atoms with Crippen molar-refractivity contribution in [3.63, 3.8) is 0 Å². The number of hydrogen-bond acceptors (Lipinski definition) is 6. The van der Waals surface area contributed by atoms with Gasteiger partial charge in [0.05, 0.1) is 0 Å². The summed E-state index contributed by atoms with van der Waals surface area (Å²) in [4.78, 5) is 38.0. The van der Waals surface area contributed by atoms with Gasteiger partial charge in [0, 0.05) is 19.3 Å². The predicted octanol–water partition coefficient (Wildman–Crippen LogP) is 18.7. The van der Waals surface area contributed by atoms with Crippen molar-refractivity contribution in [3.8, 4) is 0 Å². The molecule has 0 bridgehead atoms. The Balaban J connectivity index is 4.19. The lowest BCUT2D eigenvalue weighted by Crippen LogP contribution is -2.30. The van der Waals surface area contributed by atoms with Crippen LogP contribution in [0.2, 0.25) is 0 Å². The van der Waals surface area contributed by atoms with Crippen molar-refractivity contribution in [1.82, 2.24) is 0 Å². The Morgan fingerprint density at radius 1 is 0.297 bits per heavy atom. The summed E-state index contributed by atoms with van der Waals surface area (Å²) in [5, 5.41) is 0.